The van der Waals surface area contributed by atoms with Crippen molar-refractivity contribution in [1.82, 2.24) is 9.97 Å². The van der Waals surface area contributed by atoms with E-state index in [1.807, 2.05) is 0 Å². The third-order valence-electron chi connectivity index (χ3n) is 0.926. The van der Waals surface area contributed by atoms with Gasteiger partial charge in [0.25, 0.3) is 0 Å². The van der Waals surface area contributed by atoms with E-state index in [2.05, 4.69) is 25.9 Å². The van der Waals surface area contributed by atoms with Crippen molar-refractivity contribution in [2.24, 2.45) is 0 Å². The summed E-state index contributed by atoms with van der Waals surface area (Å²) in [4.78, 5) is 7.61. The van der Waals surface area contributed by atoms with Crippen molar-refractivity contribution < 1.29 is 8.76 Å². The quantitative estimate of drug-likeness (QED) is 0.778. The Balaban J connectivity index is 2.74. The highest BCUT2D eigenvalue weighted by Gasteiger charge is 1.99. The van der Waals surface area contributed by atoms with Crippen molar-refractivity contribution >= 4 is 27.0 Å². The first kappa shape index (κ1) is 8.76. The third-order valence-corrected chi connectivity index (χ3v) is 1.84. The normalized spacial score (nSPS) is 12.9. The zero-order chi connectivity index (χ0) is 8.27. The molecule has 1 N–H and O–H groups in total. The van der Waals surface area contributed by atoms with Crippen LogP contribution in [-0.2, 0) is 16.8 Å². The Kier molecular flexibility index (Phi) is 3.10. The van der Waals surface area contributed by atoms with Crippen molar-refractivity contribution in [3.8, 4) is 0 Å². The van der Waals surface area contributed by atoms with Gasteiger partial charge in [0.2, 0.25) is 0 Å². The van der Waals surface area contributed by atoms with E-state index in [1.165, 1.54) is 12.4 Å². The fourth-order valence-corrected chi connectivity index (χ4v) is 1.10. The van der Waals surface area contributed by atoms with E-state index in [0.717, 1.165) is 4.47 Å². The second-order valence-electron chi connectivity index (χ2n) is 1.78. The van der Waals surface area contributed by atoms with Crippen molar-refractivity contribution in [3.05, 3.63) is 22.7 Å². The lowest BCUT2D eigenvalue weighted by Crippen LogP contribution is -1.98. The zero-order valence-corrected chi connectivity index (χ0v) is 7.80. The van der Waals surface area contributed by atoms with Gasteiger partial charge in [0.15, 0.2) is 11.1 Å². The number of aromatic nitrogens is 2. The molecule has 0 aliphatic heterocycles. The molecular formula is C5H5BrN2O2S. The van der Waals surface area contributed by atoms with E-state index in [1.54, 1.807) is 0 Å². The molecule has 6 heteroatoms. The second kappa shape index (κ2) is 3.89. The molecule has 1 aromatic heterocycles. The van der Waals surface area contributed by atoms with Crippen LogP contribution in [0.2, 0.25) is 0 Å². The van der Waals surface area contributed by atoms with Crippen LogP contribution in [-0.4, -0.2) is 18.7 Å². The average Bonchev–Trinajstić information content (AvgIpc) is 1.93. The molecule has 0 aromatic carbocycles. The van der Waals surface area contributed by atoms with Gasteiger partial charge in [0.1, 0.15) is 11.6 Å². The van der Waals surface area contributed by atoms with Gasteiger partial charge in [-0.05, 0) is 15.9 Å². The molecule has 0 amide bonds. The van der Waals surface area contributed by atoms with Gasteiger partial charge in [0, 0.05) is 12.4 Å². The third kappa shape index (κ3) is 3.04. The molecule has 0 spiro atoms. The maximum absolute atomic E-state index is 10.3. The topological polar surface area (TPSA) is 63.1 Å². The van der Waals surface area contributed by atoms with Gasteiger partial charge in [0.05, 0.1) is 4.47 Å². The summed E-state index contributed by atoms with van der Waals surface area (Å²) in [6.45, 7) is 0. The summed E-state index contributed by atoms with van der Waals surface area (Å²) < 4.78 is 19.5. The summed E-state index contributed by atoms with van der Waals surface area (Å²) in [7, 11) is 0. The molecule has 0 radical (unpaired) electrons. The Bertz CT molecular complexity index is 264. The smallest absolute Gasteiger partial charge is 0.160 e. The summed E-state index contributed by atoms with van der Waals surface area (Å²) in [5.74, 6) is 0.349. The van der Waals surface area contributed by atoms with Crippen molar-refractivity contribution in [2.45, 2.75) is 5.75 Å². The summed E-state index contributed by atoms with van der Waals surface area (Å²) in [6.07, 6.45) is 3.07. The molecule has 60 valence electrons. The van der Waals surface area contributed by atoms with Crippen LogP contribution in [0.3, 0.4) is 0 Å². The summed E-state index contributed by atoms with van der Waals surface area (Å²) in [5, 5.41) is 0. The molecule has 0 aliphatic rings. The average molecular weight is 237 g/mol. The number of halogens is 1. The number of hydrogen-bond donors (Lipinski definition) is 1. The van der Waals surface area contributed by atoms with Crippen molar-refractivity contribution in [2.75, 3.05) is 0 Å². The van der Waals surface area contributed by atoms with E-state index in [0.29, 0.717) is 5.82 Å². The van der Waals surface area contributed by atoms with E-state index in [4.69, 9.17) is 4.55 Å². The molecule has 4 nitrogen and oxygen atoms in total. The Labute approximate surface area is 74.5 Å². The molecule has 0 fully saturated rings. The van der Waals surface area contributed by atoms with Crippen LogP contribution in [0.1, 0.15) is 5.82 Å². The highest BCUT2D eigenvalue weighted by atomic mass is 79.9. The molecule has 0 saturated heterocycles. The van der Waals surface area contributed by atoms with Crippen molar-refractivity contribution in [1.29, 1.82) is 0 Å². The second-order valence-corrected chi connectivity index (χ2v) is 3.63. The van der Waals surface area contributed by atoms with Gasteiger partial charge in [-0.1, -0.05) is 0 Å². The predicted molar refractivity (Wildman–Crippen MR) is 44.2 cm³/mol. The van der Waals surface area contributed by atoms with E-state index in [9.17, 15) is 4.21 Å². The first-order valence-electron chi connectivity index (χ1n) is 2.72. The van der Waals surface area contributed by atoms with Crippen LogP contribution in [0, 0.1) is 0 Å². The molecule has 11 heavy (non-hydrogen) atoms. The summed E-state index contributed by atoms with van der Waals surface area (Å²) in [6, 6.07) is 0. The molecule has 1 atom stereocenters. The maximum atomic E-state index is 10.3. The Morgan fingerprint density at radius 1 is 1.55 bits per heavy atom. The Hall–Kier alpha value is -0.330. The highest BCUT2D eigenvalue weighted by Crippen LogP contribution is 2.04. The number of rotatable bonds is 2. The summed E-state index contributed by atoms with van der Waals surface area (Å²) in [5.41, 5.74) is 0. The SMILES string of the molecule is O=S(O)Cc1ncc(Br)cn1. The lowest BCUT2D eigenvalue weighted by molar-refractivity contribution is 0.562. The van der Waals surface area contributed by atoms with Crippen LogP contribution < -0.4 is 0 Å². The summed E-state index contributed by atoms with van der Waals surface area (Å²) >= 11 is 1.28. The first-order valence-corrected chi connectivity index (χ1v) is 4.79. The molecule has 1 heterocycles. The minimum Gasteiger partial charge on any atom is -0.306 e. The fraction of sp³-hybridized carbons (Fsp3) is 0.200. The van der Waals surface area contributed by atoms with Crippen molar-refractivity contribution in [3.63, 3.8) is 0 Å². The van der Waals surface area contributed by atoms with Crippen LogP contribution in [0.15, 0.2) is 16.9 Å². The molecule has 0 aliphatic carbocycles. The Morgan fingerprint density at radius 3 is 2.55 bits per heavy atom. The monoisotopic (exact) mass is 236 g/mol. The lowest BCUT2D eigenvalue weighted by Gasteiger charge is -1.93. The highest BCUT2D eigenvalue weighted by molar-refractivity contribution is 9.10. The minimum absolute atomic E-state index is 0.0206. The van der Waals surface area contributed by atoms with Crippen LogP contribution in [0.4, 0.5) is 0 Å². The standard InChI is InChI=1S/C5H5BrN2O2S/c6-4-1-7-5(8-2-4)3-11(9)10/h1-2H,3H2,(H,9,10). The van der Waals surface area contributed by atoms with Gasteiger partial charge < -0.3 is 4.55 Å². The van der Waals surface area contributed by atoms with Gasteiger partial charge in [-0.25, -0.2) is 14.2 Å². The molecule has 1 rings (SSSR count). The maximum Gasteiger partial charge on any atom is 0.160 e. The molecule has 1 unspecified atom stereocenters. The largest absolute Gasteiger partial charge is 0.306 e. The number of hydrogen-bond acceptors (Lipinski definition) is 3. The minimum atomic E-state index is -1.86. The van der Waals surface area contributed by atoms with Gasteiger partial charge in [-0.2, -0.15) is 0 Å². The van der Waals surface area contributed by atoms with Gasteiger partial charge in [-0.3, -0.25) is 0 Å². The molecule has 1 aromatic rings. The molecular weight excluding hydrogens is 232 g/mol. The fourth-order valence-electron chi connectivity index (χ4n) is 0.524. The van der Waals surface area contributed by atoms with Gasteiger partial charge >= 0.3 is 0 Å². The zero-order valence-electron chi connectivity index (χ0n) is 5.40. The molecule has 0 bridgehead atoms. The van der Waals surface area contributed by atoms with E-state index >= 15 is 0 Å². The van der Waals surface area contributed by atoms with E-state index < -0.39 is 11.1 Å². The van der Waals surface area contributed by atoms with Gasteiger partial charge in [-0.15, -0.1) is 0 Å². The lowest BCUT2D eigenvalue weighted by atomic mass is 10.6. The van der Waals surface area contributed by atoms with Crippen LogP contribution in [0.5, 0.6) is 0 Å². The predicted octanol–water partition coefficient (Wildman–Crippen LogP) is 0.961. The molecule has 0 saturated carbocycles. The van der Waals surface area contributed by atoms with E-state index in [-0.39, 0.29) is 5.75 Å². The first-order chi connectivity index (χ1) is 5.18. The Morgan fingerprint density at radius 2 is 2.09 bits per heavy atom. The number of nitrogens with zero attached hydrogens (tertiary/aromatic N) is 2. The van der Waals surface area contributed by atoms with Crippen LogP contribution in [0.25, 0.3) is 0 Å². The van der Waals surface area contributed by atoms with Crippen LogP contribution >= 0.6 is 15.9 Å².